The summed E-state index contributed by atoms with van der Waals surface area (Å²) in [5.74, 6) is 0.386. The molecule has 0 heterocycles. The van der Waals surface area contributed by atoms with Crippen LogP contribution >= 0.6 is 0 Å². The second-order valence-corrected chi connectivity index (χ2v) is 5.44. The number of aliphatic hydroxyl groups is 1. The van der Waals surface area contributed by atoms with Gasteiger partial charge in [0.05, 0.1) is 18.8 Å². The standard InChI is InChI=1S/C16H25NO2/c1-19-12-15(13-7-3-2-4-8-13)17-11-14-9-5-6-10-16(14)18/h2-4,7-8,14-18H,5-6,9-12H2,1H3. The summed E-state index contributed by atoms with van der Waals surface area (Å²) in [7, 11) is 1.73. The molecule has 0 radical (unpaired) electrons. The maximum atomic E-state index is 10.0. The lowest BCUT2D eigenvalue weighted by molar-refractivity contribution is 0.0650. The second kappa shape index (κ2) is 7.63. The molecule has 0 aliphatic heterocycles. The van der Waals surface area contributed by atoms with Crippen LogP contribution < -0.4 is 5.32 Å². The van der Waals surface area contributed by atoms with E-state index in [4.69, 9.17) is 4.74 Å². The van der Waals surface area contributed by atoms with Crippen molar-refractivity contribution in [1.29, 1.82) is 0 Å². The molecule has 2 rings (SSSR count). The van der Waals surface area contributed by atoms with Crippen molar-refractivity contribution in [2.75, 3.05) is 20.3 Å². The fraction of sp³-hybridized carbons (Fsp3) is 0.625. The Morgan fingerprint density at radius 3 is 2.68 bits per heavy atom. The molecule has 1 aliphatic rings. The van der Waals surface area contributed by atoms with Crippen LogP contribution in [0.5, 0.6) is 0 Å². The summed E-state index contributed by atoms with van der Waals surface area (Å²) >= 11 is 0. The van der Waals surface area contributed by atoms with E-state index < -0.39 is 0 Å². The lowest BCUT2D eigenvalue weighted by atomic mass is 9.86. The minimum Gasteiger partial charge on any atom is -0.393 e. The highest BCUT2D eigenvalue weighted by Crippen LogP contribution is 2.24. The van der Waals surface area contributed by atoms with Gasteiger partial charge in [-0.15, -0.1) is 0 Å². The van der Waals surface area contributed by atoms with Crippen molar-refractivity contribution in [3.05, 3.63) is 35.9 Å². The maximum Gasteiger partial charge on any atom is 0.0657 e. The molecule has 1 fully saturated rings. The van der Waals surface area contributed by atoms with Crippen molar-refractivity contribution < 1.29 is 9.84 Å². The molecular formula is C16H25NO2. The Morgan fingerprint density at radius 1 is 1.26 bits per heavy atom. The van der Waals surface area contributed by atoms with E-state index in [1.807, 2.05) is 6.07 Å². The molecular weight excluding hydrogens is 238 g/mol. The Bertz CT molecular complexity index is 355. The van der Waals surface area contributed by atoms with Gasteiger partial charge >= 0.3 is 0 Å². The van der Waals surface area contributed by atoms with Crippen LogP contribution in [0.15, 0.2) is 30.3 Å². The summed E-state index contributed by atoms with van der Waals surface area (Å²) in [4.78, 5) is 0. The van der Waals surface area contributed by atoms with E-state index in [9.17, 15) is 5.11 Å². The van der Waals surface area contributed by atoms with Gasteiger partial charge in [0, 0.05) is 13.7 Å². The zero-order chi connectivity index (χ0) is 13.5. The summed E-state index contributed by atoms with van der Waals surface area (Å²) in [6.45, 7) is 1.52. The molecule has 2 N–H and O–H groups in total. The van der Waals surface area contributed by atoms with E-state index in [0.717, 1.165) is 25.8 Å². The zero-order valence-corrected chi connectivity index (χ0v) is 11.7. The number of ether oxygens (including phenoxy) is 1. The van der Waals surface area contributed by atoms with Crippen molar-refractivity contribution >= 4 is 0 Å². The third kappa shape index (κ3) is 4.30. The highest BCUT2D eigenvalue weighted by Gasteiger charge is 2.23. The molecule has 1 aliphatic carbocycles. The summed E-state index contributed by atoms with van der Waals surface area (Å²) in [5, 5.41) is 13.6. The van der Waals surface area contributed by atoms with E-state index in [-0.39, 0.29) is 12.1 Å². The highest BCUT2D eigenvalue weighted by atomic mass is 16.5. The molecule has 3 atom stereocenters. The van der Waals surface area contributed by atoms with Crippen molar-refractivity contribution in [2.24, 2.45) is 5.92 Å². The lowest BCUT2D eigenvalue weighted by Gasteiger charge is -2.29. The Kier molecular flexibility index (Phi) is 5.83. The van der Waals surface area contributed by atoms with Crippen molar-refractivity contribution in [3.8, 4) is 0 Å². The van der Waals surface area contributed by atoms with Gasteiger partial charge in [-0.05, 0) is 24.3 Å². The van der Waals surface area contributed by atoms with E-state index in [1.54, 1.807) is 7.11 Å². The molecule has 0 aromatic heterocycles. The molecule has 19 heavy (non-hydrogen) atoms. The first-order valence-electron chi connectivity index (χ1n) is 7.26. The van der Waals surface area contributed by atoms with Crippen LogP contribution in [0.1, 0.15) is 37.3 Å². The first-order valence-corrected chi connectivity index (χ1v) is 7.26. The van der Waals surface area contributed by atoms with Crippen LogP contribution in [-0.2, 0) is 4.74 Å². The first-order chi connectivity index (χ1) is 9.31. The number of nitrogens with one attached hydrogen (secondary N) is 1. The smallest absolute Gasteiger partial charge is 0.0657 e. The first kappa shape index (κ1) is 14.5. The van der Waals surface area contributed by atoms with Crippen molar-refractivity contribution in [1.82, 2.24) is 5.32 Å². The Labute approximate surface area is 116 Å². The molecule has 0 amide bonds. The average molecular weight is 263 g/mol. The van der Waals surface area contributed by atoms with E-state index in [1.165, 1.54) is 12.0 Å². The Balaban J connectivity index is 1.90. The summed E-state index contributed by atoms with van der Waals surface area (Å²) in [6, 6.07) is 10.6. The van der Waals surface area contributed by atoms with Crippen LogP contribution in [-0.4, -0.2) is 31.5 Å². The van der Waals surface area contributed by atoms with Crippen LogP contribution in [0.25, 0.3) is 0 Å². The number of methoxy groups -OCH3 is 1. The van der Waals surface area contributed by atoms with Gasteiger partial charge in [-0.25, -0.2) is 0 Å². The van der Waals surface area contributed by atoms with Gasteiger partial charge in [0.2, 0.25) is 0 Å². The molecule has 1 aromatic carbocycles. The van der Waals surface area contributed by atoms with Gasteiger partial charge in [0.1, 0.15) is 0 Å². The largest absolute Gasteiger partial charge is 0.393 e. The SMILES string of the molecule is COCC(NCC1CCCCC1O)c1ccccc1. The summed E-state index contributed by atoms with van der Waals surface area (Å²) < 4.78 is 5.30. The lowest BCUT2D eigenvalue weighted by Crippen LogP contribution is -2.36. The minimum absolute atomic E-state index is 0.139. The molecule has 0 spiro atoms. The maximum absolute atomic E-state index is 10.0. The van der Waals surface area contributed by atoms with E-state index in [0.29, 0.717) is 12.5 Å². The molecule has 0 bridgehead atoms. The number of benzene rings is 1. The molecule has 0 saturated heterocycles. The summed E-state index contributed by atoms with van der Waals surface area (Å²) in [5.41, 5.74) is 1.25. The minimum atomic E-state index is -0.139. The van der Waals surface area contributed by atoms with Crippen LogP contribution in [0, 0.1) is 5.92 Å². The third-order valence-electron chi connectivity index (χ3n) is 4.03. The van der Waals surface area contributed by atoms with Gasteiger partial charge in [-0.1, -0.05) is 43.2 Å². The van der Waals surface area contributed by atoms with Gasteiger partial charge in [0.25, 0.3) is 0 Å². The normalized spacial score (nSPS) is 25.2. The molecule has 106 valence electrons. The number of hydrogen-bond donors (Lipinski definition) is 2. The Hall–Kier alpha value is -0.900. The van der Waals surface area contributed by atoms with Crippen LogP contribution in [0.4, 0.5) is 0 Å². The van der Waals surface area contributed by atoms with E-state index >= 15 is 0 Å². The summed E-state index contributed by atoms with van der Waals surface area (Å²) in [6.07, 6.45) is 4.34. The number of hydrogen-bond acceptors (Lipinski definition) is 3. The monoisotopic (exact) mass is 263 g/mol. The fourth-order valence-corrected chi connectivity index (χ4v) is 2.84. The highest BCUT2D eigenvalue weighted by molar-refractivity contribution is 5.18. The van der Waals surface area contributed by atoms with Crippen molar-refractivity contribution in [3.63, 3.8) is 0 Å². The molecule has 3 nitrogen and oxygen atoms in total. The quantitative estimate of drug-likeness (QED) is 0.828. The van der Waals surface area contributed by atoms with Crippen LogP contribution in [0.3, 0.4) is 0 Å². The van der Waals surface area contributed by atoms with Gasteiger partial charge in [0.15, 0.2) is 0 Å². The number of rotatable bonds is 6. The number of aliphatic hydroxyl groups excluding tert-OH is 1. The van der Waals surface area contributed by atoms with Gasteiger partial charge in [-0.3, -0.25) is 0 Å². The molecule has 3 unspecified atom stereocenters. The Morgan fingerprint density at radius 2 is 2.00 bits per heavy atom. The predicted molar refractivity (Wildman–Crippen MR) is 77.0 cm³/mol. The fourth-order valence-electron chi connectivity index (χ4n) is 2.84. The van der Waals surface area contributed by atoms with Crippen LogP contribution in [0.2, 0.25) is 0 Å². The topological polar surface area (TPSA) is 41.5 Å². The predicted octanol–water partition coefficient (Wildman–Crippen LogP) is 2.51. The second-order valence-electron chi connectivity index (χ2n) is 5.44. The molecule has 1 saturated carbocycles. The van der Waals surface area contributed by atoms with Crippen molar-refractivity contribution in [2.45, 2.75) is 37.8 Å². The van der Waals surface area contributed by atoms with E-state index in [2.05, 4.69) is 29.6 Å². The average Bonchev–Trinajstić information content (AvgIpc) is 2.46. The third-order valence-corrected chi connectivity index (χ3v) is 4.03. The van der Waals surface area contributed by atoms with Gasteiger partial charge < -0.3 is 15.2 Å². The molecule has 1 aromatic rings. The molecule has 3 heteroatoms. The van der Waals surface area contributed by atoms with Gasteiger partial charge in [-0.2, -0.15) is 0 Å². The zero-order valence-electron chi connectivity index (χ0n) is 11.7.